The first-order valence-corrected chi connectivity index (χ1v) is 9.93. The number of methoxy groups -OCH3 is 2. The summed E-state index contributed by atoms with van der Waals surface area (Å²) in [6.45, 7) is 0.0941. The predicted molar refractivity (Wildman–Crippen MR) is 106 cm³/mol. The van der Waals surface area contributed by atoms with E-state index in [1.807, 2.05) is 0 Å². The molecule has 28 heavy (non-hydrogen) atoms. The minimum absolute atomic E-state index is 0.00484. The number of sulfonamides is 1. The zero-order valence-corrected chi connectivity index (χ0v) is 16.3. The molecule has 0 aliphatic heterocycles. The molecule has 0 aliphatic carbocycles. The van der Waals surface area contributed by atoms with Crippen molar-refractivity contribution in [1.82, 2.24) is 0 Å². The highest BCUT2D eigenvalue weighted by Gasteiger charge is 2.25. The second-order valence-electron chi connectivity index (χ2n) is 6.02. The standard InChI is InChI=1S/C21H20FNO4S/c1-26-19-10-6-16(7-11-19)15-23(18-4-3-5-20(14-18)27-2)28(24,25)21-12-8-17(22)9-13-21/h3-14H,15H2,1-2H3. The lowest BCUT2D eigenvalue weighted by molar-refractivity contribution is 0.414. The molecule has 3 aromatic rings. The van der Waals surface area contributed by atoms with E-state index in [0.29, 0.717) is 17.2 Å². The Balaban J connectivity index is 2.05. The van der Waals surface area contributed by atoms with E-state index >= 15 is 0 Å². The SMILES string of the molecule is COc1ccc(CN(c2cccc(OC)c2)S(=O)(=O)c2ccc(F)cc2)cc1. The van der Waals surface area contributed by atoms with Gasteiger partial charge in [0.25, 0.3) is 10.0 Å². The zero-order valence-electron chi connectivity index (χ0n) is 15.5. The summed E-state index contributed by atoms with van der Waals surface area (Å²) in [5.74, 6) is 0.714. The van der Waals surface area contributed by atoms with Crippen LogP contribution in [0, 0.1) is 5.82 Å². The largest absolute Gasteiger partial charge is 0.497 e. The molecule has 0 aromatic heterocycles. The molecular weight excluding hydrogens is 381 g/mol. The maximum absolute atomic E-state index is 13.3. The van der Waals surface area contributed by atoms with Gasteiger partial charge in [0.15, 0.2) is 0 Å². The molecule has 0 fully saturated rings. The summed E-state index contributed by atoms with van der Waals surface area (Å²) in [5, 5.41) is 0. The van der Waals surface area contributed by atoms with Crippen LogP contribution in [0.1, 0.15) is 5.56 Å². The molecule has 3 rings (SSSR count). The monoisotopic (exact) mass is 401 g/mol. The Kier molecular flexibility index (Phi) is 5.84. The maximum atomic E-state index is 13.3. The van der Waals surface area contributed by atoms with Gasteiger partial charge in [-0.05, 0) is 54.1 Å². The summed E-state index contributed by atoms with van der Waals surface area (Å²) in [7, 11) is -0.849. The van der Waals surface area contributed by atoms with E-state index in [2.05, 4.69) is 0 Å². The Bertz CT molecular complexity index is 1030. The van der Waals surface area contributed by atoms with Crippen molar-refractivity contribution in [3.63, 3.8) is 0 Å². The van der Waals surface area contributed by atoms with Crippen molar-refractivity contribution in [2.75, 3.05) is 18.5 Å². The number of benzene rings is 3. The van der Waals surface area contributed by atoms with Crippen LogP contribution in [0.5, 0.6) is 11.5 Å². The Morgan fingerprint density at radius 1 is 0.857 bits per heavy atom. The number of anilines is 1. The number of hydrogen-bond donors (Lipinski definition) is 0. The van der Waals surface area contributed by atoms with Gasteiger partial charge < -0.3 is 9.47 Å². The molecule has 0 atom stereocenters. The first-order chi connectivity index (χ1) is 13.4. The van der Waals surface area contributed by atoms with Crippen molar-refractivity contribution < 1.29 is 22.3 Å². The van der Waals surface area contributed by atoms with Crippen LogP contribution in [0.15, 0.2) is 77.7 Å². The molecule has 0 heterocycles. The van der Waals surface area contributed by atoms with Gasteiger partial charge in [-0.25, -0.2) is 12.8 Å². The van der Waals surface area contributed by atoms with Crippen LogP contribution in [0.25, 0.3) is 0 Å². The van der Waals surface area contributed by atoms with Crippen LogP contribution >= 0.6 is 0 Å². The van der Waals surface area contributed by atoms with Gasteiger partial charge >= 0.3 is 0 Å². The molecule has 146 valence electrons. The minimum Gasteiger partial charge on any atom is -0.497 e. The number of hydrogen-bond acceptors (Lipinski definition) is 4. The smallest absolute Gasteiger partial charge is 0.264 e. The van der Waals surface area contributed by atoms with E-state index in [1.54, 1.807) is 55.6 Å². The fourth-order valence-corrected chi connectivity index (χ4v) is 4.16. The van der Waals surface area contributed by atoms with E-state index < -0.39 is 15.8 Å². The van der Waals surface area contributed by atoms with E-state index in [0.717, 1.165) is 17.7 Å². The normalized spacial score (nSPS) is 11.1. The summed E-state index contributed by atoms with van der Waals surface area (Å²) >= 11 is 0. The van der Waals surface area contributed by atoms with Crippen molar-refractivity contribution >= 4 is 15.7 Å². The fourth-order valence-electron chi connectivity index (χ4n) is 2.71. The van der Waals surface area contributed by atoms with Crippen LogP contribution in [0.2, 0.25) is 0 Å². The van der Waals surface area contributed by atoms with Crippen LogP contribution in [-0.4, -0.2) is 22.6 Å². The number of nitrogens with zero attached hydrogens (tertiary/aromatic N) is 1. The summed E-state index contributed by atoms with van der Waals surface area (Å²) < 4.78 is 51.6. The molecule has 0 saturated heterocycles. The Labute approximate surface area is 164 Å². The van der Waals surface area contributed by atoms with Gasteiger partial charge in [-0.1, -0.05) is 18.2 Å². The molecule has 5 nitrogen and oxygen atoms in total. The number of ether oxygens (including phenoxy) is 2. The van der Waals surface area contributed by atoms with Gasteiger partial charge in [0.05, 0.1) is 31.3 Å². The molecule has 0 saturated carbocycles. The first kappa shape index (κ1) is 19.7. The predicted octanol–water partition coefficient (Wildman–Crippen LogP) is 4.24. The van der Waals surface area contributed by atoms with Crippen LogP contribution < -0.4 is 13.8 Å². The van der Waals surface area contributed by atoms with E-state index in [1.165, 1.54) is 23.5 Å². The highest BCUT2D eigenvalue weighted by molar-refractivity contribution is 7.92. The highest BCUT2D eigenvalue weighted by atomic mass is 32.2. The van der Waals surface area contributed by atoms with Crippen molar-refractivity contribution in [2.45, 2.75) is 11.4 Å². The molecule has 0 amide bonds. The van der Waals surface area contributed by atoms with Gasteiger partial charge in [-0.15, -0.1) is 0 Å². The zero-order chi connectivity index (χ0) is 20.1. The van der Waals surface area contributed by atoms with Crippen molar-refractivity contribution in [2.24, 2.45) is 0 Å². The lowest BCUT2D eigenvalue weighted by Gasteiger charge is -2.25. The molecule has 0 radical (unpaired) electrons. The second-order valence-corrected chi connectivity index (χ2v) is 7.88. The third-order valence-electron chi connectivity index (χ3n) is 4.23. The van der Waals surface area contributed by atoms with Crippen molar-refractivity contribution in [3.05, 3.63) is 84.2 Å². The van der Waals surface area contributed by atoms with Gasteiger partial charge in [-0.3, -0.25) is 4.31 Å². The quantitative estimate of drug-likeness (QED) is 0.594. The van der Waals surface area contributed by atoms with Gasteiger partial charge in [0.1, 0.15) is 17.3 Å². The van der Waals surface area contributed by atoms with E-state index in [-0.39, 0.29) is 11.4 Å². The average Bonchev–Trinajstić information content (AvgIpc) is 2.72. The summed E-state index contributed by atoms with van der Waals surface area (Å²) in [5.41, 5.74) is 1.22. The molecule has 0 spiro atoms. The van der Waals surface area contributed by atoms with Crippen molar-refractivity contribution in [1.29, 1.82) is 0 Å². The van der Waals surface area contributed by atoms with Gasteiger partial charge in [-0.2, -0.15) is 0 Å². The van der Waals surface area contributed by atoms with Gasteiger partial charge in [0.2, 0.25) is 0 Å². The number of halogens is 1. The van der Waals surface area contributed by atoms with Crippen molar-refractivity contribution in [3.8, 4) is 11.5 Å². The molecular formula is C21H20FNO4S. The molecule has 0 aliphatic rings. The lowest BCUT2D eigenvalue weighted by atomic mass is 10.2. The average molecular weight is 401 g/mol. The van der Waals surface area contributed by atoms with E-state index in [9.17, 15) is 12.8 Å². The summed E-state index contributed by atoms with van der Waals surface area (Å²) in [6.07, 6.45) is 0. The Morgan fingerprint density at radius 3 is 2.11 bits per heavy atom. The van der Waals surface area contributed by atoms with Crippen LogP contribution in [-0.2, 0) is 16.6 Å². The molecule has 7 heteroatoms. The topological polar surface area (TPSA) is 55.8 Å². The van der Waals surface area contributed by atoms with Crippen LogP contribution in [0.3, 0.4) is 0 Å². The third-order valence-corrected chi connectivity index (χ3v) is 6.02. The molecule has 0 N–H and O–H groups in total. The number of rotatable bonds is 7. The summed E-state index contributed by atoms with van der Waals surface area (Å²) in [6, 6.07) is 18.7. The molecule has 3 aromatic carbocycles. The Morgan fingerprint density at radius 2 is 1.50 bits per heavy atom. The maximum Gasteiger partial charge on any atom is 0.264 e. The van der Waals surface area contributed by atoms with E-state index in [4.69, 9.17) is 9.47 Å². The first-order valence-electron chi connectivity index (χ1n) is 8.49. The second kappa shape index (κ2) is 8.31. The molecule has 0 unspecified atom stereocenters. The Hall–Kier alpha value is -3.06. The lowest BCUT2D eigenvalue weighted by Crippen LogP contribution is -2.30. The van der Waals surface area contributed by atoms with Gasteiger partial charge in [0, 0.05) is 6.07 Å². The van der Waals surface area contributed by atoms with Crippen LogP contribution in [0.4, 0.5) is 10.1 Å². The highest BCUT2D eigenvalue weighted by Crippen LogP contribution is 2.29. The molecule has 0 bridgehead atoms. The summed E-state index contributed by atoms with van der Waals surface area (Å²) in [4.78, 5) is 0.00484. The third kappa shape index (κ3) is 4.26. The minimum atomic E-state index is -3.93. The fraction of sp³-hybridized carbons (Fsp3) is 0.143.